The van der Waals surface area contributed by atoms with Crippen LogP contribution in [-0.4, -0.2) is 65.4 Å². The molecule has 10 heteroatoms. The van der Waals surface area contributed by atoms with Crippen LogP contribution in [0.2, 0.25) is 0 Å². The van der Waals surface area contributed by atoms with Crippen molar-refractivity contribution in [1.82, 2.24) is 10.6 Å². The van der Waals surface area contributed by atoms with Crippen LogP contribution in [0.4, 0.5) is 0 Å². The van der Waals surface area contributed by atoms with E-state index in [1.165, 1.54) is 22.0 Å². The zero-order chi connectivity index (χ0) is 39.3. The van der Waals surface area contributed by atoms with Gasteiger partial charge in [0.05, 0.1) is 18.8 Å². The number of rotatable bonds is 20. The number of hydrogen-bond donors (Lipinski definition) is 4. The summed E-state index contributed by atoms with van der Waals surface area (Å²) in [6.45, 7) is 2.67. The molecule has 0 aliphatic carbocycles. The number of carbonyl (C=O) groups excluding carboxylic acids is 2. The van der Waals surface area contributed by atoms with Gasteiger partial charge in [-0.1, -0.05) is 38.0 Å². The minimum atomic E-state index is -2.24. The topological polar surface area (TPSA) is 142 Å². The van der Waals surface area contributed by atoms with Crippen molar-refractivity contribution in [1.29, 1.82) is 0 Å². The molecule has 4 N–H and O–H groups in total. The number of hydrogen-bond acceptors (Lipinski definition) is 5. The third-order valence-corrected chi connectivity index (χ3v) is 15.4. The molecule has 5 rings (SSSR count). The summed E-state index contributed by atoms with van der Waals surface area (Å²) in [5.41, 5.74) is 0. The number of carboxylic acids is 2. The molecule has 0 unspecified atom stereocenters. The predicted molar refractivity (Wildman–Crippen MR) is 223 cm³/mol. The van der Waals surface area contributed by atoms with Gasteiger partial charge < -0.3 is 20.5 Å². The molecule has 0 radical (unpaired) electrons. The molecule has 2 fully saturated rings. The van der Waals surface area contributed by atoms with E-state index in [-0.39, 0.29) is 36.5 Å². The summed E-state index contributed by atoms with van der Waals surface area (Å²) in [4.78, 5) is 45.1. The Balaban J connectivity index is 0.000000246. The van der Waals surface area contributed by atoms with Gasteiger partial charge in [0.1, 0.15) is 0 Å². The van der Waals surface area contributed by atoms with Gasteiger partial charge in [0.25, 0.3) is 0 Å². The fraction of sp³-hybridized carbons (Fsp3) is 0.378. The predicted octanol–water partition coefficient (Wildman–Crippen LogP) is 6.31. The summed E-state index contributed by atoms with van der Waals surface area (Å²) >= 11 is 0. The third kappa shape index (κ3) is 13.4. The number of amides is 2. The number of carboxylic acid groups (broad SMARTS) is 2. The van der Waals surface area contributed by atoms with E-state index < -0.39 is 19.2 Å². The van der Waals surface area contributed by atoms with Crippen molar-refractivity contribution in [2.24, 2.45) is 11.8 Å². The molecule has 3 aromatic rings. The van der Waals surface area contributed by atoms with Gasteiger partial charge in [-0.05, 0) is 38.0 Å². The Labute approximate surface area is 326 Å². The molecule has 2 heterocycles. The Bertz CT molecular complexity index is 1630. The average molecular weight is 769 g/mol. The standard InChI is InChI=1S/C23H23O2P.C22H34N2O5/c24-23(25)18-10-11-19-26(20-12-4-1-5-13-20,21-14-6-2-7-15-21)22-16-8-3-9-17-22;1-2-3-6-10-20(25)24-15-21(26)23-14-17-16(18-12-13-19(17)29-18)9-7-4-5-8-11-22(27)28/h1-10,12-18,26H,11,19H2,(H,24,25);4,7-8,11,16-19H,2-3,5-6,9-10,12-15H2,1H3,(H,23,26)(H,24,25)(H,27,28)/b;7-4-,11-8+/t;16-,17+,18-,19+/m.1/s1. The molecule has 0 saturated carbocycles. The fourth-order valence-corrected chi connectivity index (χ4v) is 12.5. The molecule has 0 spiro atoms. The Morgan fingerprint density at radius 3 is 1.78 bits per heavy atom. The maximum atomic E-state index is 12.1. The number of nitrogens with one attached hydrogen (secondary N) is 2. The van der Waals surface area contributed by atoms with Crippen LogP contribution < -0.4 is 26.5 Å². The monoisotopic (exact) mass is 768 g/mol. The molecular formula is C45H57N2O7P. The zero-order valence-electron chi connectivity index (χ0n) is 31.9. The minimum absolute atomic E-state index is 0.0209. The molecule has 3 aromatic carbocycles. The van der Waals surface area contributed by atoms with Crippen LogP contribution in [0, 0.1) is 11.8 Å². The molecule has 2 bridgehead atoms. The number of unbranched alkanes of at least 4 members (excludes halogenated alkanes) is 2. The first-order valence-corrected chi connectivity index (χ1v) is 21.7. The molecule has 2 saturated heterocycles. The number of fused-ring (bicyclic) bond motifs is 2. The van der Waals surface area contributed by atoms with Crippen molar-refractivity contribution >= 4 is 46.9 Å². The molecule has 2 aliphatic heterocycles. The van der Waals surface area contributed by atoms with E-state index in [4.69, 9.17) is 14.9 Å². The van der Waals surface area contributed by atoms with E-state index in [1.807, 2.05) is 24.3 Å². The van der Waals surface area contributed by atoms with Crippen LogP contribution >= 0.6 is 7.26 Å². The summed E-state index contributed by atoms with van der Waals surface area (Å²) in [6.07, 6.45) is 18.9. The van der Waals surface area contributed by atoms with E-state index in [0.29, 0.717) is 25.3 Å². The van der Waals surface area contributed by atoms with Gasteiger partial charge in [-0.25, -0.2) is 4.79 Å². The van der Waals surface area contributed by atoms with Gasteiger partial charge in [-0.2, -0.15) is 0 Å². The number of benzene rings is 3. The van der Waals surface area contributed by atoms with Gasteiger partial charge >= 0.3 is 161 Å². The average Bonchev–Trinajstić information content (AvgIpc) is 3.81. The molecule has 4 atom stereocenters. The van der Waals surface area contributed by atoms with Gasteiger partial charge in [0, 0.05) is 25.0 Å². The van der Waals surface area contributed by atoms with E-state index in [9.17, 15) is 19.2 Å². The molecule has 294 valence electrons. The number of allylic oxidation sites excluding steroid dienone is 4. The van der Waals surface area contributed by atoms with Gasteiger partial charge in [-0.15, -0.1) is 0 Å². The van der Waals surface area contributed by atoms with E-state index in [0.717, 1.165) is 57.2 Å². The molecule has 2 amide bonds. The normalized spacial score (nSPS) is 19.3. The van der Waals surface area contributed by atoms with Crippen LogP contribution in [0.5, 0.6) is 0 Å². The molecule has 55 heavy (non-hydrogen) atoms. The van der Waals surface area contributed by atoms with Gasteiger partial charge in [0.2, 0.25) is 11.8 Å². The Morgan fingerprint density at radius 1 is 0.691 bits per heavy atom. The fourth-order valence-electron chi connectivity index (χ4n) is 7.76. The van der Waals surface area contributed by atoms with Crippen molar-refractivity contribution in [2.45, 2.75) is 76.9 Å². The van der Waals surface area contributed by atoms with Crippen molar-refractivity contribution < 1.29 is 34.1 Å². The second-order valence-electron chi connectivity index (χ2n) is 14.1. The van der Waals surface area contributed by atoms with Crippen molar-refractivity contribution in [3.05, 3.63) is 127 Å². The summed E-state index contributed by atoms with van der Waals surface area (Å²) in [5.74, 6) is -1.43. The molecule has 2 aliphatic rings. The van der Waals surface area contributed by atoms with Gasteiger partial charge in [-0.3, -0.25) is 9.59 Å². The van der Waals surface area contributed by atoms with Gasteiger partial charge in [0.15, 0.2) is 0 Å². The van der Waals surface area contributed by atoms with E-state index >= 15 is 0 Å². The zero-order valence-corrected chi connectivity index (χ0v) is 32.9. The van der Waals surface area contributed by atoms with Crippen molar-refractivity contribution in [2.75, 3.05) is 19.3 Å². The maximum absolute atomic E-state index is 12.1. The second kappa shape index (κ2) is 23.2. The summed E-state index contributed by atoms with van der Waals surface area (Å²) in [5, 5.41) is 27.2. The third-order valence-electron chi connectivity index (χ3n) is 10.4. The first-order valence-electron chi connectivity index (χ1n) is 19.5. The molecule has 0 aromatic heterocycles. The van der Waals surface area contributed by atoms with Crippen LogP contribution in [0.1, 0.15) is 64.7 Å². The number of aliphatic carboxylic acids is 2. The molecule has 9 nitrogen and oxygen atoms in total. The summed E-state index contributed by atoms with van der Waals surface area (Å²) < 4.78 is 6.05. The number of ether oxygens (including phenoxy) is 1. The van der Waals surface area contributed by atoms with E-state index in [1.54, 1.807) is 12.2 Å². The summed E-state index contributed by atoms with van der Waals surface area (Å²) in [7, 11) is -2.24. The first kappa shape index (κ1) is 42.9. The van der Waals surface area contributed by atoms with Crippen molar-refractivity contribution in [3.8, 4) is 0 Å². The molecular weight excluding hydrogens is 711 g/mol. The van der Waals surface area contributed by atoms with Crippen LogP contribution in [0.15, 0.2) is 127 Å². The Kier molecular flexibility index (Phi) is 18.1. The first-order chi connectivity index (χ1) is 26.7. The van der Waals surface area contributed by atoms with Crippen LogP contribution in [0.3, 0.4) is 0 Å². The number of carbonyl (C=O) groups is 4. The summed E-state index contributed by atoms with van der Waals surface area (Å²) in [6, 6.07) is 32.0. The second-order valence-corrected chi connectivity index (χ2v) is 18.2. The van der Waals surface area contributed by atoms with Crippen LogP contribution in [0.25, 0.3) is 0 Å². The van der Waals surface area contributed by atoms with Crippen LogP contribution in [-0.2, 0) is 23.9 Å². The Morgan fingerprint density at radius 2 is 1.24 bits per heavy atom. The Hall–Kier alpha value is -4.85. The SMILES string of the molecule is CCCCCC(=O)NCC(=O)NC[C@H]1[C@@H](C/C=C\C/C=C/C(=O)O)[C@H]2CC[C@@H]1O2.O=C(O)C=CCC[PH](c1ccccc1)(c1ccccc1)c1ccccc1. The van der Waals surface area contributed by atoms with E-state index in [2.05, 4.69) is 96.4 Å². The van der Waals surface area contributed by atoms with Crippen molar-refractivity contribution in [3.63, 3.8) is 0 Å². The quantitative estimate of drug-likeness (QED) is 0.0457.